The van der Waals surface area contributed by atoms with Crippen LogP contribution < -0.4 is 5.32 Å². The second kappa shape index (κ2) is 11.8. The first-order valence-corrected chi connectivity index (χ1v) is 14.2. The first-order valence-electron chi connectivity index (χ1n) is 12.8. The van der Waals surface area contributed by atoms with Crippen LogP contribution in [-0.4, -0.2) is 25.2 Å². The number of amides is 1. The molecule has 3 aromatic carbocycles. The highest BCUT2D eigenvalue weighted by Crippen LogP contribution is 2.32. The van der Waals surface area contributed by atoms with E-state index in [0.717, 1.165) is 42.4 Å². The Hall–Kier alpha value is -2.96. The number of rotatable bonds is 9. The Bertz CT molecular complexity index is 1250. The SMILES string of the molecule is Cc1ccc(CNC(=O)C2CCC(CN(Cc3ccccc3)S(=O)(=O)c3ccccc3C)CC2)cc1. The van der Waals surface area contributed by atoms with E-state index in [2.05, 4.69) is 17.4 Å². The van der Waals surface area contributed by atoms with Gasteiger partial charge in [0.2, 0.25) is 15.9 Å². The van der Waals surface area contributed by atoms with E-state index in [0.29, 0.717) is 24.5 Å². The van der Waals surface area contributed by atoms with Gasteiger partial charge in [-0.2, -0.15) is 4.31 Å². The van der Waals surface area contributed by atoms with Gasteiger partial charge in [0.15, 0.2) is 0 Å². The number of hydrogen-bond donors (Lipinski definition) is 1. The normalized spacial score (nSPS) is 18.2. The third-order valence-electron chi connectivity index (χ3n) is 7.18. The lowest BCUT2D eigenvalue weighted by Gasteiger charge is -2.32. The third kappa shape index (κ3) is 6.62. The Morgan fingerprint density at radius 3 is 2.14 bits per heavy atom. The van der Waals surface area contributed by atoms with Crippen molar-refractivity contribution in [3.8, 4) is 0 Å². The molecule has 190 valence electrons. The first-order chi connectivity index (χ1) is 17.3. The van der Waals surface area contributed by atoms with Crippen LogP contribution in [-0.2, 0) is 27.9 Å². The van der Waals surface area contributed by atoms with Crippen LogP contribution in [0.4, 0.5) is 0 Å². The summed E-state index contributed by atoms with van der Waals surface area (Å²) in [6.07, 6.45) is 3.26. The van der Waals surface area contributed by atoms with E-state index in [1.54, 1.807) is 16.4 Å². The van der Waals surface area contributed by atoms with Gasteiger partial charge in [0.1, 0.15) is 0 Å². The van der Waals surface area contributed by atoms with Crippen molar-refractivity contribution < 1.29 is 13.2 Å². The highest BCUT2D eigenvalue weighted by Gasteiger charge is 2.32. The van der Waals surface area contributed by atoms with E-state index in [-0.39, 0.29) is 17.7 Å². The Morgan fingerprint density at radius 1 is 0.833 bits per heavy atom. The fourth-order valence-electron chi connectivity index (χ4n) is 4.95. The van der Waals surface area contributed by atoms with E-state index < -0.39 is 10.0 Å². The molecule has 3 aromatic rings. The van der Waals surface area contributed by atoms with Crippen molar-refractivity contribution in [3.05, 3.63) is 101 Å². The van der Waals surface area contributed by atoms with Crippen molar-refractivity contribution in [2.45, 2.75) is 57.5 Å². The third-order valence-corrected chi connectivity index (χ3v) is 9.15. The summed E-state index contributed by atoms with van der Waals surface area (Å²) in [5.41, 5.74) is 4.03. The van der Waals surface area contributed by atoms with Crippen LogP contribution in [0.3, 0.4) is 0 Å². The largest absolute Gasteiger partial charge is 0.352 e. The van der Waals surface area contributed by atoms with Gasteiger partial charge < -0.3 is 5.32 Å². The second-order valence-electron chi connectivity index (χ2n) is 9.97. The summed E-state index contributed by atoms with van der Waals surface area (Å²) >= 11 is 0. The van der Waals surface area contributed by atoms with Gasteiger partial charge in [-0.3, -0.25) is 4.79 Å². The number of carbonyl (C=O) groups is 1. The van der Waals surface area contributed by atoms with Crippen molar-refractivity contribution in [1.82, 2.24) is 9.62 Å². The van der Waals surface area contributed by atoms with Gasteiger partial charge in [0.05, 0.1) is 4.90 Å². The average molecular weight is 505 g/mol. The zero-order valence-corrected chi connectivity index (χ0v) is 22.0. The van der Waals surface area contributed by atoms with E-state index in [4.69, 9.17) is 0 Å². The molecule has 1 aliphatic rings. The lowest BCUT2D eigenvalue weighted by atomic mass is 9.81. The van der Waals surface area contributed by atoms with Crippen LogP contribution in [0.5, 0.6) is 0 Å². The van der Waals surface area contributed by atoms with E-state index in [1.807, 2.05) is 68.4 Å². The summed E-state index contributed by atoms with van der Waals surface area (Å²) in [6, 6.07) is 25.1. The zero-order chi connectivity index (χ0) is 25.5. The molecule has 0 atom stereocenters. The van der Waals surface area contributed by atoms with Gasteiger partial charge in [-0.1, -0.05) is 78.4 Å². The van der Waals surface area contributed by atoms with Crippen LogP contribution >= 0.6 is 0 Å². The summed E-state index contributed by atoms with van der Waals surface area (Å²) in [7, 11) is -3.65. The quantitative estimate of drug-likeness (QED) is 0.411. The van der Waals surface area contributed by atoms with Crippen molar-refractivity contribution in [2.75, 3.05) is 6.54 Å². The van der Waals surface area contributed by atoms with Crippen molar-refractivity contribution in [1.29, 1.82) is 0 Å². The Labute approximate surface area is 215 Å². The molecule has 0 saturated heterocycles. The standard InChI is InChI=1S/C30H36N2O3S/c1-23-12-14-25(15-13-23)20-31-30(33)28-18-16-27(17-19-28)22-32(21-26-9-4-3-5-10-26)36(34,35)29-11-7-6-8-24(29)2/h3-15,27-28H,16-22H2,1-2H3,(H,31,33). The minimum Gasteiger partial charge on any atom is -0.352 e. The minimum atomic E-state index is -3.65. The maximum absolute atomic E-state index is 13.7. The number of sulfonamides is 1. The molecule has 1 aliphatic carbocycles. The van der Waals surface area contributed by atoms with Crippen LogP contribution in [0.25, 0.3) is 0 Å². The topological polar surface area (TPSA) is 66.5 Å². The highest BCUT2D eigenvalue weighted by atomic mass is 32.2. The molecular formula is C30H36N2O3S. The van der Waals surface area contributed by atoms with Crippen LogP contribution in [0, 0.1) is 25.7 Å². The van der Waals surface area contributed by atoms with Gasteiger partial charge >= 0.3 is 0 Å². The molecule has 1 amide bonds. The van der Waals surface area contributed by atoms with Gasteiger partial charge in [0, 0.05) is 25.6 Å². The monoisotopic (exact) mass is 504 g/mol. The Balaban J connectivity index is 1.39. The molecule has 0 aliphatic heterocycles. The molecule has 0 bridgehead atoms. The predicted molar refractivity (Wildman–Crippen MR) is 144 cm³/mol. The molecule has 6 heteroatoms. The summed E-state index contributed by atoms with van der Waals surface area (Å²) in [5, 5.41) is 3.08. The predicted octanol–water partition coefficient (Wildman–Crippen LogP) is 5.62. The van der Waals surface area contributed by atoms with Crippen molar-refractivity contribution in [2.24, 2.45) is 11.8 Å². The van der Waals surface area contributed by atoms with E-state index in [1.165, 1.54) is 5.56 Å². The molecule has 36 heavy (non-hydrogen) atoms. The van der Waals surface area contributed by atoms with Gasteiger partial charge in [-0.15, -0.1) is 0 Å². The molecule has 1 fully saturated rings. The van der Waals surface area contributed by atoms with E-state index >= 15 is 0 Å². The van der Waals surface area contributed by atoms with Gasteiger partial charge in [-0.25, -0.2) is 8.42 Å². The van der Waals surface area contributed by atoms with Gasteiger partial charge in [0.25, 0.3) is 0 Å². The first kappa shape index (κ1) is 26.1. The summed E-state index contributed by atoms with van der Waals surface area (Å²) in [6.45, 7) is 5.23. The average Bonchev–Trinajstić information content (AvgIpc) is 2.89. The molecule has 0 heterocycles. The maximum Gasteiger partial charge on any atom is 0.243 e. The number of aryl methyl sites for hydroxylation is 2. The number of nitrogens with zero attached hydrogens (tertiary/aromatic N) is 1. The molecule has 1 N–H and O–H groups in total. The number of carbonyl (C=O) groups excluding carboxylic acids is 1. The summed E-state index contributed by atoms with van der Waals surface area (Å²) in [5.74, 6) is 0.318. The molecule has 0 unspecified atom stereocenters. The molecule has 4 rings (SSSR count). The molecule has 5 nitrogen and oxygen atoms in total. The van der Waals surface area contributed by atoms with E-state index in [9.17, 15) is 13.2 Å². The maximum atomic E-state index is 13.7. The minimum absolute atomic E-state index is 0.0118. The van der Waals surface area contributed by atoms with Crippen LogP contribution in [0.2, 0.25) is 0 Å². The summed E-state index contributed by atoms with van der Waals surface area (Å²) in [4.78, 5) is 13.1. The van der Waals surface area contributed by atoms with Gasteiger partial charge in [-0.05, 0) is 68.2 Å². The Morgan fingerprint density at radius 2 is 1.47 bits per heavy atom. The molecule has 0 spiro atoms. The lowest BCUT2D eigenvalue weighted by molar-refractivity contribution is -0.126. The Kier molecular flexibility index (Phi) is 8.60. The lowest BCUT2D eigenvalue weighted by Crippen LogP contribution is -2.38. The zero-order valence-electron chi connectivity index (χ0n) is 21.2. The fourth-order valence-corrected chi connectivity index (χ4v) is 6.68. The molecule has 0 radical (unpaired) electrons. The molecule has 0 aromatic heterocycles. The van der Waals surface area contributed by atoms with Crippen LogP contribution in [0.15, 0.2) is 83.8 Å². The number of nitrogens with one attached hydrogen (secondary N) is 1. The molecular weight excluding hydrogens is 468 g/mol. The molecule has 1 saturated carbocycles. The second-order valence-corrected chi connectivity index (χ2v) is 11.9. The summed E-state index contributed by atoms with van der Waals surface area (Å²) < 4.78 is 29.0. The van der Waals surface area contributed by atoms with Crippen molar-refractivity contribution in [3.63, 3.8) is 0 Å². The van der Waals surface area contributed by atoms with Crippen molar-refractivity contribution >= 4 is 15.9 Å². The highest BCUT2D eigenvalue weighted by molar-refractivity contribution is 7.89. The van der Waals surface area contributed by atoms with Crippen LogP contribution in [0.1, 0.15) is 47.9 Å². The fraction of sp³-hybridized carbons (Fsp3) is 0.367. The number of benzene rings is 3. The number of hydrogen-bond acceptors (Lipinski definition) is 3. The smallest absolute Gasteiger partial charge is 0.243 e.